The van der Waals surface area contributed by atoms with Crippen molar-refractivity contribution < 1.29 is 4.79 Å². The zero-order valence-electron chi connectivity index (χ0n) is 13.9. The van der Waals surface area contributed by atoms with E-state index in [9.17, 15) is 4.79 Å². The second-order valence-corrected chi connectivity index (χ2v) is 7.01. The lowest BCUT2D eigenvalue weighted by Gasteiger charge is -2.26. The van der Waals surface area contributed by atoms with Crippen LogP contribution in [0.3, 0.4) is 0 Å². The molecule has 116 valence electrons. The van der Waals surface area contributed by atoms with Gasteiger partial charge in [-0.2, -0.15) is 0 Å². The van der Waals surface area contributed by atoms with Crippen molar-refractivity contribution in [2.75, 3.05) is 13.1 Å². The molecule has 0 aliphatic heterocycles. The zero-order chi connectivity index (χ0) is 15.1. The number of carbonyl (C=O) groups excluding carboxylic acids is 1. The molecule has 0 spiro atoms. The normalized spacial score (nSPS) is 17.1. The van der Waals surface area contributed by atoms with Crippen molar-refractivity contribution >= 4 is 6.03 Å². The van der Waals surface area contributed by atoms with E-state index in [0.717, 1.165) is 13.1 Å². The van der Waals surface area contributed by atoms with Crippen molar-refractivity contribution in [3.05, 3.63) is 11.8 Å². The average Bonchev–Trinajstić information content (AvgIpc) is 2.87. The predicted molar refractivity (Wildman–Crippen MR) is 85.5 cm³/mol. The van der Waals surface area contributed by atoms with Gasteiger partial charge in [0.1, 0.15) is 0 Å². The minimum atomic E-state index is 0.0461. The highest BCUT2D eigenvalue weighted by molar-refractivity contribution is 5.75. The van der Waals surface area contributed by atoms with E-state index < -0.39 is 0 Å². The molecule has 1 aliphatic carbocycles. The van der Waals surface area contributed by atoms with E-state index in [-0.39, 0.29) is 6.03 Å². The number of hydrogen-bond donors (Lipinski definition) is 1. The molecule has 3 nitrogen and oxygen atoms in total. The Labute approximate surface area is 124 Å². The van der Waals surface area contributed by atoms with Gasteiger partial charge in [0.05, 0.1) is 0 Å². The maximum absolute atomic E-state index is 12.3. The van der Waals surface area contributed by atoms with Crippen LogP contribution in [-0.2, 0) is 0 Å². The number of urea groups is 1. The highest BCUT2D eigenvalue weighted by Gasteiger charge is 2.18. The molecule has 0 bridgehead atoms. The molecule has 0 aromatic heterocycles. The van der Waals surface area contributed by atoms with Gasteiger partial charge in [-0.15, -0.1) is 0 Å². The minimum absolute atomic E-state index is 0.0461. The van der Waals surface area contributed by atoms with E-state index in [1.807, 2.05) is 11.1 Å². The smallest absolute Gasteiger partial charge is 0.321 e. The van der Waals surface area contributed by atoms with Gasteiger partial charge in [0.2, 0.25) is 0 Å². The topological polar surface area (TPSA) is 32.3 Å². The summed E-state index contributed by atoms with van der Waals surface area (Å²) < 4.78 is 0. The Balaban J connectivity index is 2.53. The summed E-state index contributed by atoms with van der Waals surface area (Å²) in [6.45, 7) is 12.4. The van der Waals surface area contributed by atoms with E-state index in [2.05, 4.69) is 39.9 Å². The maximum Gasteiger partial charge on any atom is 0.321 e. The first-order valence-electron chi connectivity index (χ1n) is 8.12. The molecule has 0 unspecified atom stereocenters. The van der Waals surface area contributed by atoms with E-state index in [0.29, 0.717) is 17.8 Å². The largest absolute Gasteiger partial charge is 0.324 e. The lowest BCUT2D eigenvalue weighted by molar-refractivity contribution is 0.187. The van der Waals surface area contributed by atoms with Crippen LogP contribution in [0.5, 0.6) is 0 Å². The van der Waals surface area contributed by atoms with Crippen molar-refractivity contribution in [2.24, 2.45) is 17.8 Å². The van der Waals surface area contributed by atoms with Gasteiger partial charge in [-0.05, 0) is 37.5 Å². The Hall–Kier alpha value is -0.990. The Bertz CT molecular complexity index is 318. The third-order valence-corrected chi connectivity index (χ3v) is 3.88. The van der Waals surface area contributed by atoms with Crippen LogP contribution < -0.4 is 5.32 Å². The molecule has 1 N–H and O–H groups in total. The van der Waals surface area contributed by atoms with Gasteiger partial charge in [0.15, 0.2) is 0 Å². The molecule has 2 amide bonds. The van der Waals surface area contributed by atoms with Gasteiger partial charge in [0.25, 0.3) is 0 Å². The molecule has 20 heavy (non-hydrogen) atoms. The standard InChI is InChI=1S/C17H32N2O/c1-13(2)11-19(12-14(3)4)17(20)18-10-15(5)16-8-6-7-9-16/h10,13-14,16H,6-9,11-12H2,1-5H3,(H,18,20)/b15-10+. The molecular weight excluding hydrogens is 248 g/mol. The Kier molecular flexibility index (Phi) is 7.11. The van der Waals surface area contributed by atoms with Gasteiger partial charge in [-0.1, -0.05) is 46.1 Å². The lowest BCUT2D eigenvalue weighted by Crippen LogP contribution is -2.42. The summed E-state index contributed by atoms with van der Waals surface area (Å²) in [6, 6.07) is 0.0461. The van der Waals surface area contributed by atoms with Crippen LogP contribution in [0.25, 0.3) is 0 Å². The summed E-state index contributed by atoms with van der Waals surface area (Å²) in [4.78, 5) is 14.2. The van der Waals surface area contributed by atoms with Crippen LogP contribution in [-0.4, -0.2) is 24.0 Å². The molecular formula is C17H32N2O. The molecule has 0 aromatic carbocycles. The monoisotopic (exact) mass is 280 g/mol. The summed E-state index contributed by atoms with van der Waals surface area (Å²) >= 11 is 0. The summed E-state index contributed by atoms with van der Waals surface area (Å²) in [5.74, 6) is 1.68. The van der Waals surface area contributed by atoms with Crippen molar-refractivity contribution in [3.8, 4) is 0 Å². The highest BCUT2D eigenvalue weighted by atomic mass is 16.2. The molecule has 1 aliphatic rings. The molecule has 1 fully saturated rings. The van der Waals surface area contributed by atoms with Gasteiger partial charge in [-0.3, -0.25) is 0 Å². The molecule has 1 rings (SSSR count). The summed E-state index contributed by atoms with van der Waals surface area (Å²) in [5.41, 5.74) is 1.32. The number of nitrogens with zero attached hydrogens (tertiary/aromatic N) is 1. The first kappa shape index (κ1) is 17.1. The number of amides is 2. The van der Waals surface area contributed by atoms with Crippen LogP contribution in [0, 0.1) is 17.8 Å². The van der Waals surface area contributed by atoms with Gasteiger partial charge < -0.3 is 10.2 Å². The second kappa shape index (κ2) is 8.33. The first-order valence-corrected chi connectivity index (χ1v) is 8.12. The van der Waals surface area contributed by atoms with Gasteiger partial charge in [0, 0.05) is 19.3 Å². The Morgan fingerprint density at radius 1 is 1.15 bits per heavy atom. The SMILES string of the molecule is C/C(=C\NC(=O)N(CC(C)C)CC(C)C)C1CCCC1. The molecule has 0 radical (unpaired) electrons. The number of carbonyl (C=O) groups is 1. The molecule has 0 atom stereocenters. The van der Waals surface area contributed by atoms with Crippen molar-refractivity contribution in [2.45, 2.75) is 60.3 Å². The van der Waals surface area contributed by atoms with Gasteiger partial charge in [-0.25, -0.2) is 4.79 Å². The fourth-order valence-electron chi connectivity index (χ4n) is 2.89. The fourth-order valence-corrected chi connectivity index (χ4v) is 2.89. The first-order chi connectivity index (χ1) is 9.40. The third-order valence-electron chi connectivity index (χ3n) is 3.88. The number of nitrogens with one attached hydrogen (secondary N) is 1. The van der Waals surface area contributed by atoms with E-state index in [1.165, 1.54) is 31.3 Å². The summed E-state index contributed by atoms with van der Waals surface area (Å²) in [5, 5.41) is 3.00. The van der Waals surface area contributed by atoms with Crippen LogP contribution in [0.2, 0.25) is 0 Å². The molecule has 0 aromatic rings. The number of allylic oxidation sites excluding steroid dienone is 1. The Morgan fingerprint density at radius 2 is 1.65 bits per heavy atom. The second-order valence-electron chi connectivity index (χ2n) is 7.01. The summed E-state index contributed by atoms with van der Waals surface area (Å²) in [7, 11) is 0. The maximum atomic E-state index is 12.3. The zero-order valence-corrected chi connectivity index (χ0v) is 13.9. The highest BCUT2D eigenvalue weighted by Crippen LogP contribution is 2.30. The van der Waals surface area contributed by atoms with Crippen LogP contribution in [0.4, 0.5) is 4.79 Å². The van der Waals surface area contributed by atoms with E-state index >= 15 is 0 Å². The fraction of sp³-hybridized carbons (Fsp3) is 0.824. The van der Waals surface area contributed by atoms with Crippen molar-refractivity contribution in [1.82, 2.24) is 10.2 Å². The van der Waals surface area contributed by atoms with E-state index in [1.54, 1.807) is 0 Å². The minimum Gasteiger partial charge on any atom is -0.324 e. The van der Waals surface area contributed by atoms with Crippen molar-refractivity contribution in [1.29, 1.82) is 0 Å². The Morgan fingerprint density at radius 3 is 2.10 bits per heavy atom. The lowest BCUT2D eigenvalue weighted by atomic mass is 10.0. The average molecular weight is 280 g/mol. The number of rotatable bonds is 6. The molecule has 1 saturated carbocycles. The molecule has 0 heterocycles. The number of hydrogen-bond acceptors (Lipinski definition) is 1. The summed E-state index contributed by atoms with van der Waals surface area (Å²) in [6.07, 6.45) is 7.15. The van der Waals surface area contributed by atoms with Crippen LogP contribution in [0.1, 0.15) is 60.3 Å². The predicted octanol–water partition coefficient (Wildman–Crippen LogP) is 4.40. The quantitative estimate of drug-likeness (QED) is 0.768. The van der Waals surface area contributed by atoms with Crippen molar-refractivity contribution in [3.63, 3.8) is 0 Å². The van der Waals surface area contributed by atoms with Crippen LogP contribution in [0.15, 0.2) is 11.8 Å². The van der Waals surface area contributed by atoms with Crippen LogP contribution >= 0.6 is 0 Å². The third kappa shape index (κ3) is 5.98. The van der Waals surface area contributed by atoms with E-state index in [4.69, 9.17) is 0 Å². The van der Waals surface area contributed by atoms with Gasteiger partial charge >= 0.3 is 6.03 Å². The molecule has 3 heteroatoms. The molecule has 0 saturated heterocycles.